The van der Waals surface area contributed by atoms with E-state index in [0.717, 1.165) is 11.1 Å². The van der Waals surface area contributed by atoms with Crippen molar-refractivity contribution in [2.45, 2.75) is 63.3 Å². The molecule has 2 heterocycles. The number of nitrogens with one attached hydrogen (secondary N) is 1. The Bertz CT molecular complexity index is 995. The van der Waals surface area contributed by atoms with Crippen LogP contribution in [0.15, 0.2) is 42.6 Å². The summed E-state index contributed by atoms with van der Waals surface area (Å²) in [6.45, 7) is 3.67. The molecule has 1 saturated carbocycles. The number of esters is 1. The fourth-order valence-electron chi connectivity index (χ4n) is 5.15. The molecular formula is C28H36N2O5. The summed E-state index contributed by atoms with van der Waals surface area (Å²) in [6, 6.07) is 10.8. The zero-order valence-electron chi connectivity index (χ0n) is 20.8. The van der Waals surface area contributed by atoms with Crippen molar-refractivity contribution in [3.8, 4) is 5.88 Å². The van der Waals surface area contributed by atoms with Crippen LogP contribution in [-0.4, -0.2) is 43.8 Å². The number of carbonyl (C=O) groups excluding carboxylic acids is 2. The number of carbonyl (C=O) groups is 2. The molecule has 1 aliphatic carbocycles. The van der Waals surface area contributed by atoms with Crippen molar-refractivity contribution >= 4 is 11.9 Å². The molecular weight excluding hydrogens is 444 g/mol. The van der Waals surface area contributed by atoms with Crippen LogP contribution in [0.5, 0.6) is 5.88 Å². The van der Waals surface area contributed by atoms with Gasteiger partial charge in [0.05, 0.1) is 30.7 Å². The Kier molecular flexibility index (Phi) is 8.39. The lowest BCUT2D eigenvalue weighted by Crippen LogP contribution is -2.48. The molecule has 4 rings (SSSR count). The quantitative estimate of drug-likeness (QED) is 0.549. The fourth-order valence-corrected chi connectivity index (χ4v) is 5.15. The largest absolute Gasteiger partial charge is 0.477 e. The summed E-state index contributed by atoms with van der Waals surface area (Å²) >= 11 is 0. The summed E-state index contributed by atoms with van der Waals surface area (Å²) in [5.41, 5.74) is 1.61. The lowest BCUT2D eigenvalue weighted by atomic mass is 9.73. The minimum absolute atomic E-state index is 0.0326. The van der Waals surface area contributed by atoms with Gasteiger partial charge in [0.1, 0.15) is 0 Å². The van der Waals surface area contributed by atoms with Gasteiger partial charge in [-0.3, -0.25) is 4.79 Å². The van der Waals surface area contributed by atoms with Gasteiger partial charge in [0.2, 0.25) is 11.8 Å². The second-order valence-corrected chi connectivity index (χ2v) is 9.70. The standard InChI is InChI=1S/C28H36N2O5/c1-20(22-8-10-23(11-9-22)26(31)33-2)30-27(32)28(13-16-34-17-14-28)24-12-15-29-25(18-24)35-19-21-6-4-3-5-7-21/h8-12,15,18,20-21H,3-7,13-14,16-17,19H2,1-2H3,(H,30,32). The first-order valence-electron chi connectivity index (χ1n) is 12.7. The molecule has 1 saturated heterocycles. The lowest BCUT2D eigenvalue weighted by Gasteiger charge is -2.37. The van der Waals surface area contributed by atoms with Crippen molar-refractivity contribution in [1.82, 2.24) is 10.3 Å². The smallest absolute Gasteiger partial charge is 0.337 e. The number of nitrogens with zero attached hydrogens (tertiary/aromatic N) is 1. The average molecular weight is 481 g/mol. The number of ether oxygens (including phenoxy) is 3. The Morgan fingerprint density at radius 2 is 1.83 bits per heavy atom. The maximum absolute atomic E-state index is 13.7. The minimum atomic E-state index is -0.704. The molecule has 1 aliphatic heterocycles. The van der Waals surface area contributed by atoms with Crippen LogP contribution >= 0.6 is 0 Å². The Labute approximate surface area is 207 Å². The van der Waals surface area contributed by atoms with Crippen molar-refractivity contribution < 1.29 is 23.8 Å². The number of hydrogen-bond donors (Lipinski definition) is 1. The Morgan fingerprint density at radius 1 is 1.11 bits per heavy atom. The van der Waals surface area contributed by atoms with Gasteiger partial charge in [0.15, 0.2) is 0 Å². The molecule has 1 N–H and O–H groups in total. The molecule has 1 unspecified atom stereocenters. The summed E-state index contributed by atoms with van der Waals surface area (Å²) in [6.07, 6.45) is 9.22. The van der Waals surface area contributed by atoms with Crippen LogP contribution in [0.3, 0.4) is 0 Å². The Hall–Kier alpha value is -2.93. The summed E-state index contributed by atoms with van der Waals surface area (Å²) < 4.78 is 16.5. The molecule has 1 atom stereocenters. The van der Waals surface area contributed by atoms with E-state index in [1.54, 1.807) is 18.3 Å². The highest BCUT2D eigenvalue weighted by Crippen LogP contribution is 2.37. The molecule has 1 amide bonds. The van der Waals surface area contributed by atoms with Gasteiger partial charge in [-0.15, -0.1) is 0 Å². The van der Waals surface area contributed by atoms with E-state index >= 15 is 0 Å². The van der Waals surface area contributed by atoms with Crippen LogP contribution in [-0.2, 0) is 19.7 Å². The van der Waals surface area contributed by atoms with Crippen molar-refractivity contribution in [3.05, 3.63) is 59.3 Å². The van der Waals surface area contributed by atoms with E-state index in [0.29, 0.717) is 50.0 Å². The molecule has 2 aliphatic rings. The third kappa shape index (κ3) is 6.01. The van der Waals surface area contributed by atoms with E-state index in [2.05, 4.69) is 10.3 Å². The van der Waals surface area contributed by atoms with Gasteiger partial charge in [-0.1, -0.05) is 31.4 Å². The van der Waals surface area contributed by atoms with Gasteiger partial charge in [-0.25, -0.2) is 9.78 Å². The topological polar surface area (TPSA) is 86.8 Å². The van der Waals surface area contributed by atoms with Crippen LogP contribution in [0.1, 0.15) is 79.4 Å². The highest BCUT2D eigenvalue weighted by atomic mass is 16.5. The maximum atomic E-state index is 13.7. The predicted octanol–water partition coefficient (Wildman–Crippen LogP) is 4.75. The number of aromatic nitrogens is 1. The van der Waals surface area contributed by atoms with E-state index < -0.39 is 5.41 Å². The number of rotatable bonds is 8. The van der Waals surface area contributed by atoms with E-state index in [1.807, 2.05) is 31.2 Å². The van der Waals surface area contributed by atoms with Gasteiger partial charge in [-0.05, 0) is 67.9 Å². The third-order valence-electron chi connectivity index (χ3n) is 7.44. The number of hydrogen-bond acceptors (Lipinski definition) is 6. The SMILES string of the molecule is COC(=O)c1ccc(C(C)NC(=O)C2(c3ccnc(OCC4CCCCC4)c3)CCOCC2)cc1. The first-order chi connectivity index (χ1) is 17.0. The normalized spacial score (nSPS) is 18.9. The molecule has 2 fully saturated rings. The van der Waals surface area contributed by atoms with E-state index in [4.69, 9.17) is 14.2 Å². The molecule has 2 aromatic rings. The first kappa shape index (κ1) is 25.2. The summed E-state index contributed by atoms with van der Waals surface area (Å²) in [4.78, 5) is 29.9. The fraction of sp³-hybridized carbons (Fsp3) is 0.536. The highest BCUT2D eigenvalue weighted by molar-refractivity contribution is 5.90. The van der Waals surface area contributed by atoms with Crippen molar-refractivity contribution in [3.63, 3.8) is 0 Å². The molecule has 1 aromatic carbocycles. The molecule has 7 nitrogen and oxygen atoms in total. The second-order valence-electron chi connectivity index (χ2n) is 9.70. The summed E-state index contributed by atoms with van der Waals surface area (Å²) in [5, 5.41) is 3.20. The number of benzene rings is 1. The van der Waals surface area contributed by atoms with E-state index in [-0.39, 0.29) is 17.9 Å². The summed E-state index contributed by atoms with van der Waals surface area (Å²) in [5.74, 6) is 0.752. The lowest BCUT2D eigenvalue weighted by molar-refractivity contribution is -0.131. The molecule has 188 valence electrons. The van der Waals surface area contributed by atoms with Gasteiger partial charge < -0.3 is 19.5 Å². The molecule has 35 heavy (non-hydrogen) atoms. The predicted molar refractivity (Wildman–Crippen MR) is 132 cm³/mol. The molecule has 0 bridgehead atoms. The van der Waals surface area contributed by atoms with Gasteiger partial charge in [0.25, 0.3) is 0 Å². The van der Waals surface area contributed by atoms with Gasteiger partial charge in [-0.2, -0.15) is 0 Å². The molecule has 1 aromatic heterocycles. The van der Waals surface area contributed by atoms with E-state index in [9.17, 15) is 9.59 Å². The molecule has 0 spiro atoms. The average Bonchev–Trinajstić information content (AvgIpc) is 2.92. The second kappa shape index (κ2) is 11.7. The highest BCUT2D eigenvalue weighted by Gasteiger charge is 2.42. The number of methoxy groups -OCH3 is 1. The zero-order valence-corrected chi connectivity index (χ0v) is 20.8. The summed E-state index contributed by atoms with van der Waals surface area (Å²) in [7, 11) is 1.36. The Balaban J connectivity index is 1.48. The molecule has 0 radical (unpaired) electrons. The molecule has 7 heteroatoms. The van der Waals surface area contributed by atoms with Crippen molar-refractivity contribution in [2.75, 3.05) is 26.9 Å². The third-order valence-corrected chi connectivity index (χ3v) is 7.44. The van der Waals surface area contributed by atoms with Crippen LogP contribution < -0.4 is 10.1 Å². The monoisotopic (exact) mass is 480 g/mol. The van der Waals surface area contributed by atoms with Crippen LogP contribution in [0.4, 0.5) is 0 Å². The van der Waals surface area contributed by atoms with Gasteiger partial charge >= 0.3 is 5.97 Å². The van der Waals surface area contributed by atoms with Crippen LogP contribution in [0.2, 0.25) is 0 Å². The zero-order chi connectivity index (χ0) is 24.7. The Morgan fingerprint density at radius 3 is 2.51 bits per heavy atom. The van der Waals surface area contributed by atoms with Crippen molar-refractivity contribution in [1.29, 1.82) is 0 Å². The van der Waals surface area contributed by atoms with Gasteiger partial charge in [0, 0.05) is 25.5 Å². The van der Waals surface area contributed by atoms with Crippen LogP contribution in [0, 0.1) is 5.92 Å². The number of pyridine rings is 1. The maximum Gasteiger partial charge on any atom is 0.337 e. The van der Waals surface area contributed by atoms with Crippen LogP contribution in [0.25, 0.3) is 0 Å². The number of amides is 1. The first-order valence-corrected chi connectivity index (χ1v) is 12.7. The minimum Gasteiger partial charge on any atom is -0.477 e. The van der Waals surface area contributed by atoms with Crippen molar-refractivity contribution in [2.24, 2.45) is 5.92 Å². The van der Waals surface area contributed by atoms with E-state index in [1.165, 1.54) is 39.2 Å².